The van der Waals surface area contributed by atoms with Crippen molar-refractivity contribution in [3.05, 3.63) is 0 Å². The average Bonchev–Trinajstić information content (AvgIpc) is 2.52. The fourth-order valence-electron chi connectivity index (χ4n) is 3.70. The lowest BCUT2D eigenvalue weighted by atomic mass is 9.71. The van der Waals surface area contributed by atoms with Gasteiger partial charge in [0, 0.05) is 6.54 Å². The van der Waals surface area contributed by atoms with Crippen molar-refractivity contribution in [2.75, 3.05) is 6.54 Å². The zero-order valence-corrected chi connectivity index (χ0v) is 15.8. The molecular formula is C20H43NO. The van der Waals surface area contributed by atoms with Crippen LogP contribution < -0.4 is 5.48 Å². The molecule has 0 spiro atoms. The van der Waals surface area contributed by atoms with Gasteiger partial charge >= 0.3 is 0 Å². The minimum Gasteiger partial charge on any atom is -0.317 e. The van der Waals surface area contributed by atoms with E-state index in [4.69, 9.17) is 5.21 Å². The molecule has 0 atom stereocenters. The van der Waals surface area contributed by atoms with Crippen molar-refractivity contribution in [2.45, 2.75) is 117 Å². The number of unbranched alkanes of at least 4 members (excludes halogenated alkanes) is 7. The van der Waals surface area contributed by atoms with Crippen molar-refractivity contribution < 1.29 is 5.21 Å². The molecule has 0 radical (unpaired) electrons. The predicted octanol–water partition coefficient (Wildman–Crippen LogP) is 6.86. The Balaban J connectivity index is 4.53. The fraction of sp³-hybridized carbons (Fsp3) is 1.00. The van der Waals surface area contributed by atoms with Crippen LogP contribution in [0.4, 0.5) is 0 Å². The van der Waals surface area contributed by atoms with Crippen LogP contribution in [0.25, 0.3) is 0 Å². The molecule has 2 nitrogen and oxygen atoms in total. The number of nitrogens with one attached hydrogen (secondary N) is 1. The summed E-state index contributed by atoms with van der Waals surface area (Å²) in [7, 11) is 0. The highest BCUT2D eigenvalue weighted by molar-refractivity contribution is 4.80. The molecule has 0 unspecified atom stereocenters. The van der Waals surface area contributed by atoms with E-state index in [0.717, 1.165) is 13.0 Å². The van der Waals surface area contributed by atoms with E-state index in [2.05, 4.69) is 26.3 Å². The Labute approximate surface area is 140 Å². The van der Waals surface area contributed by atoms with Gasteiger partial charge in [-0.25, -0.2) is 5.48 Å². The third kappa shape index (κ3) is 11.5. The Hall–Kier alpha value is -0.0800. The van der Waals surface area contributed by atoms with Gasteiger partial charge in [-0.1, -0.05) is 85.0 Å². The first kappa shape index (κ1) is 21.9. The molecule has 0 aliphatic heterocycles. The van der Waals surface area contributed by atoms with Crippen LogP contribution in [0, 0.1) is 5.41 Å². The molecule has 0 aromatic heterocycles. The SMILES string of the molecule is CCCCCC(CCCCC)(CCCCC)CCCCNO. The molecule has 0 rings (SSSR count). The number of hydrogen-bond acceptors (Lipinski definition) is 2. The number of hydroxylamine groups is 1. The van der Waals surface area contributed by atoms with Crippen LogP contribution in [0.5, 0.6) is 0 Å². The van der Waals surface area contributed by atoms with Crippen molar-refractivity contribution in [3.63, 3.8) is 0 Å². The first-order valence-electron chi connectivity index (χ1n) is 10.1. The molecule has 0 bridgehead atoms. The van der Waals surface area contributed by atoms with Crippen LogP contribution >= 0.6 is 0 Å². The predicted molar refractivity (Wildman–Crippen MR) is 98.5 cm³/mol. The first-order valence-corrected chi connectivity index (χ1v) is 10.1. The zero-order chi connectivity index (χ0) is 16.5. The maximum atomic E-state index is 8.77. The lowest BCUT2D eigenvalue weighted by Gasteiger charge is -2.35. The Kier molecular flexibility index (Phi) is 15.7. The van der Waals surface area contributed by atoms with E-state index in [1.54, 1.807) is 0 Å². The van der Waals surface area contributed by atoms with E-state index in [1.807, 2.05) is 0 Å². The summed E-state index contributed by atoms with van der Waals surface area (Å²) in [6.07, 6.45) is 20.4. The monoisotopic (exact) mass is 313 g/mol. The van der Waals surface area contributed by atoms with Gasteiger partial charge in [0.2, 0.25) is 0 Å². The molecule has 0 amide bonds. The van der Waals surface area contributed by atoms with Gasteiger partial charge in [0.15, 0.2) is 0 Å². The molecular weight excluding hydrogens is 270 g/mol. The summed E-state index contributed by atoms with van der Waals surface area (Å²) >= 11 is 0. The van der Waals surface area contributed by atoms with Crippen molar-refractivity contribution >= 4 is 0 Å². The second-order valence-electron chi connectivity index (χ2n) is 7.24. The van der Waals surface area contributed by atoms with E-state index >= 15 is 0 Å². The van der Waals surface area contributed by atoms with Gasteiger partial charge in [-0.2, -0.15) is 0 Å². The van der Waals surface area contributed by atoms with Crippen LogP contribution in [0.3, 0.4) is 0 Å². The van der Waals surface area contributed by atoms with E-state index in [9.17, 15) is 0 Å². The second-order valence-corrected chi connectivity index (χ2v) is 7.24. The normalized spacial score (nSPS) is 12.0. The summed E-state index contributed by atoms with van der Waals surface area (Å²) in [5, 5.41) is 8.77. The molecule has 22 heavy (non-hydrogen) atoms. The van der Waals surface area contributed by atoms with Crippen molar-refractivity contribution in [3.8, 4) is 0 Å². The third-order valence-electron chi connectivity index (χ3n) is 5.18. The molecule has 0 aromatic carbocycles. The van der Waals surface area contributed by atoms with Crippen molar-refractivity contribution in [2.24, 2.45) is 5.41 Å². The molecule has 2 heteroatoms. The highest BCUT2D eigenvalue weighted by Gasteiger charge is 2.27. The standard InChI is InChI=1S/C20H43NO/c1-4-7-10-15-20(16-11-8-5-2,17-12-9-6-3)18-13-14-19-21-22/h21-22H,4-19H2,1-3H3. The minimum absolute atomic E-state index is 0.592. The van der Waals surface area contributed by atoms with Gasteiger partial charge in [-0.05, 0) is 37.5 Å². The van der Waals surface area contributed by atoms with Gasteiger partial charge in [-0.15, -0.1) is 0 Å². The minimum atomic E-state index is 0.592. The molecule has 0 aromatic rings. The summed E-state index contributed by atoms with van der Waals surface area (Å²) in [6.45, 7) is 7.67. The average molecular weight is 314 g/mol. The summed E-state index contributed by atoms with van der Waals surface area (Å²) in [4.78, 5) is 0. The van der Waals surface area contributed by atoms with E-state index in [0.29, 0.717) is 5.41 Å². The van der Waals surface area contributed by atoms with E-state index in [-0.39, 0.29) is 0 Å². The van der Waals surface area contributed by atoms with E-state index < -0.39 is 0 Å². The molecule has 0 aliphatic carbocycles. The van der Waals surface area contributed by atoms with Crippen LogP contribution in [-0.4, -0.2) is 11.8 Å². The van der Waals surface area contributed by atoms with Crippen molar-refractivity contribution in [1.82, 2.24) is 5.48 Å². The molecule has 134 valence electrons. The number of hydrogen-bond donors (Lipinski definition) is 2. The molecule has 0 heterocycles. The summed E-state index contributed by atoms with van der Waals surface area (Å²) in [5.74, 6) is 0. The van der Waals surface area contributed by atoms with Crippen LogP contribution in [0.1, 0.15) is 117 Å². The lowest BCUT2D eigenvalue weighted by molar-refractivity contribution is 0.151. The molecule has 0 fully saturated rings. The quantitative estimate of drug-likeness (QED) is 0.227. The van der Waals surface area contributed by atoms with Crippen molar-refractivity contribution in [1.29, 1.82) is 0 Å². The molecule has 0 saturated heterocycles. The van der Waals surface area contributed by atoms with Gasteiger partial charge < -0.3 is 5.21 Å². The zero-order valence-electron chi connectivity index (χ0n) is 15.8. The highest BCUT2D eigenvalue weighted by atomic mass is 16.5. The summed E-state index contributed by atoms with van der Waals surface area (Å²) in [6, 6.07) is 0. The molecule has 2 N–H and O–H groups in total. The Morgan fingerprint density at radius 2 is 0.955 bits per heavy atom. The lowest BCUT2D eigenvalue weighted by Crippen LogP contribution is -2.22. The smallest absolute Gasteiger partial charge is 0.0207 e. The molecule has 0 saturated carbocycles. The van der Waals surface area contributed by atoms with E-state index in [1.165, 1.54) is 89.9 Å². The topological polar surface area (TPSA) is 32.3 Å². The third-order valence-corrected chi connectivity index (χ3v) is 5.18. The second kappa shape index (κ2) is 15.8. The maximum absolute atomic E-state index is 8.77. The van der Waals surface area contributed by atoms with Crippen LogP contribution in [0.2, 0.25) is 0 Å². The molecule has 0 aliphatic rings. The first-order chi connectivity index (χ1) is 10.7. The van der Waals surface area contributed by atoms with Crippen LogP contribution in [-0.2, 0) is 0 Å². The number of rotatable bonds is 17. The maximum Gasteiger partial charge on any atom is 0.0207 e. The Morgan fingerprint density at radius 3 is 1.27 bits per heavy atom. The van der Waals surface area contributed by atoms with Gasteiger partial charge in [0.05, 0.1) is 0 Å². The fourth-order valence-corrected chi connectivity index (χ4v) is 3.70. The summed E-state index contributed by atoms with van der Waals surface area (Å²) < 4.78 is 0. The highest BCUT2D eigenvalue weighted by Crippen LogP contribution is 2.41. The largest absolute Gasteiger partial charge is 0.317 e. The summed E-state index contributed by atoms with van der Waals surface area (Å²) in [5.41, 5.74) is 2.90. The van der Waals surface area contributed by atoms with Gasteiger partial charge in [-0.3, -0.25) is 0 Å². The van der Waals surface area contributed by atoms with Gasteiger partial charge in [0.25, 0.3) is 0 Å². The van der Waals surface area contributed by atoms with Gasteiger partial charge in [0.1, 0.15) is 0 Å². The Bertz CT molecular complexity index is 191. The Morgan fingerprint density at radius 1 is 0.591 bits per heavy atom. The van der Waals surface area contributed by atoms with Crippen LogP contribution in [0.15, 0.2) is 0 Å².